The number of nitrogens with zero attached hydrogens (tertiary/aromatic N) is 1. The van der Waals surface area contributed by atoms with Crippen LogP contribution in [0.3, 0.4) is 0 Å². The van der Waals surface area contributed by atoms with Crippen LogP contribution in [0.2, 0.25) is 5.02 Å². The fourth-order valence-corrected chi connectivity index (χ4v) is 3.82. The molecule has 37 heavy (non-hydrogen) atoms. The standard InChI is InChI=1S/C26H23ClF6N2O2/c1-2-34-23-11-8-20(27)15-22(23)24(36)35(13-12-17-4-3-5-19(14-17)25(28,29)30)16-18-6-9-21(10-7-18)37-26(31,32)33/h3-11,14-15,34H,2,12-13,16H2,1H3. The van der Waals surface area contributed by atoms with E-state index >= 15 is 0 Å². The zero-order valence-corrected chi connectivity index (χ0v) is 20.3. The van der Waals surface area contributed by atoms with E-state index in [-0.39, 0.29) is 25.1 Å². The average molecular weight is 545 g/mol. The van der Waals surface area contributed by atoms with Crippen molar-refractivity contribution < 1.29 is 35.9 Å². The average Bonchev–Trinajstić information content (AvgIpc) is 2.82. The van der Waals surface area contributed by atoms with Crippen molar-refractivity contribution >= 4 is 23.2 Å². The van der Waals surface area contributed by atoms with Gasteiger partial charge in [0.1, 0.15) is 5.75 Å². The molecule has 0 radical (unpaired) electrons. The second-order valence-electron chi connectivity index (χ2n) is 8.09. The van der Waals surface area contributed by atoms with Gasteiger partial charge < -0.3 is 15.0 Å². The van der Waals surface area contributed by atoms with Gasteiger partial charge in [-0.3, -0.25) is 4.79 Å². The molecule has 3 rings (SSSR count). The lowest BCUT2D eigenvalue weighted by Crippen LogP contribution is -2.33. The molecule has 0 fully saturated rings. The van der Waals surface area contributed by atoms with E-state index in [2.05, 4.69) is 10.1 Å². The third-order valence-corrected chi connectivity index (χ3v) is 5.56. The number of halogens is 7. The molecule has 0 saturated heterocycles. The molecular weight excluding hydrogens is 522 g/mol. The molecule has 11 heteroatoms. The first-order chi connectivity index (χ1) is 17.4. The maximum Gasteiger partial charge on any atom is 0.573 e. The van der Waals surface area contributed by atoms with Gasteiger partial charge in [0.25, 0.3) is 5.91 Å². The summed E-state index contributed by atoms with van der Waals surface area (Å²) in [5.41, 5.74) is 0.858. The molecule has 0 aliphatic heterocycles. The fraction of sp³-hybridized carbons (Fsp3) is 0.269. The number of carbonyl (C=O) groups is 1. The van der Waals surface area contributed by atoms with Gasteiger partial charge >= 0.3 is 12.5 Å². The van der Waals surface area contributed by atoms with Crippen molar-refractivity contribution in [1.82, 2.24) is 4.90 Å². The summed E-state index contributed by atoms with van der Waals surface area (Å²) in [5, 5.41) is 3.39. The number of alkyl halides is 6. The summed E-state index contributed by atoms with van der Waals surface area (Å²) in [6.07, 6.45) is -9.24. The molecule has 0 aromatic heterocycles. The highest BCUT2D eigenvalue weighted by Gasteiger charge is 2.31. The van der Waals surface area contributed by atoms with Crippen molar-refractivity contribution in [1.29, 1.82) is 0 Å². The summed E-state index contributed by atoms with van der Waals surface area (Å²) >= 11 is 6.12. The highest BCUT2D eigenvalue weighted by molar-refractivity contribution is 6.31. The van der Waals surface area contributed by atoms with Crippen molar-refractivity contribution in [3.8, 4) is 5.75 Å². The number of benzene rings is 3. The quantitative estimate of drug-likeness (QED) is 0.282. The van der Waals surface area contributed by atoms with Gasteiger partial charge in [0.2, 0.25) is 0 Å². The SMILES string of the molecule is CCNc1ccc(Cl)cc1C(=O)N(CCc1cccc(C(F)(F)F)c1)Cc1ccc(OC(F)(F)F)cc1. The van der Waals surface area contributed by atoms with Gasteiger partial charge in [0, 0.05) is 30.3 Å². The lowest BCUT2D eigenvalue weighted by molar-refractivity contribution is -0.274. The number of hydrogen-bond donors (Lipinski definition) is 1. The summed E-state index contributed by atoms with van der Waals surface area (Å²) in [7, 11) is 0. The van der Waals surface area contributed by atoms with Crippen LogP contribution in [0.1, 0.15) is 34.0 Å². The number of hydrogen-bond acceptors (Lipinski definition) is 3. The first kappa shape index (κ1) is 28.2. The van der Waals surface area contributed by atoms with Crippen LogP contribution in [-0.2, 0) is 19.1 Å². The molecule has 3 aromatic carbocycles. The second-order valence-corrected chi connectivity index (χ2v) is 8.52. The summed E-state index contributed by atoms with van der Waals surface area (Å²) in [4.78, 5) is 15.0. The molecule has 0 saturated carbocycles. The Labute approximate surface area is 214 Å². The molecule has 1 N–H and O–H groups in total. The zero-order valence-electron chi connectivity index (χ0n) is 19.6. The van der Waals surface area contributed by atoms with Crippen molar-refractivity contribution in [2.45, 2.75) is 32.4 Å². The molecule has 4 nitrogen and oxygen atoms in total. The lowest BCUT2D eigenvalue weighted by atomic mass is 10.1. The fourth-order valence-electron chi connectivity index (χ4n) is 3.64. The monoisotopic (exact) mass is 544 g/mol. The highest BCUT2D eigenvalue weighted by atomic mass is 35.5. The Morgan fingerprint density at radius 2 is 1.65 bits per heavy atom. The van der Waals surface area contributed by atoms with Crippen LogP contribution in [0, 0.1) is 0 Å². The van der Waals surface area contributed by atoms with Crippen LogP contribution in [0.25, 0.3) is 0 Å². The van der Waals surface area contributed by atoms with E-state index in [4.69, 9.17) is 11.6 Å². The van der Waals surface area contributed by atoms with Crippen LogP contribution in [0.5, 0.6) is 5.75 Å². The summed E-state index contributed by atoms with van der Waals surface area (Å²) < 4.78 is 80.7. The first-order valence-electron chi connectivity index (χ1n) is 11.2. The van der Waals surface area contributed by atoms with E-state index in [1.807, 2.05) is 6.92 Å². The zero-order chi connectivity index (χ0) is 27.2. The summed E-state index contributed by atoms with van der Waals surface area (Å²) in [6, 6.07) is 14.6. The molecule has 0 aliphatic carbocycles. The van der Waals surface area contributed by atoms with Crippen molar-refractivity contribution in [2.75, 3.05) is 18.4 Å². The van der Waals surface area contributed by atoms with Crippen molar-refractivity contribution in [3.05, 3.63) is 94.0 Å². The predicted octanol–water partition coefficient (Wildman–Crippen LogP) is 7.57. The Kier molecular flexibility index (Phi) is 8.96. The van der Waals surface area contributed by atoms with Crippen LogP contribution >= 0.6 is 11.6 Å². The molecule has 0 atom stereocenters. The normalized spacial score (nSPS) is 11.8. The smallest absolute Gasteiger partial charge is 0.406 e. The molecular formula is C26H23ClF6N2O2. The van der Waals surface area contributed by atoms with E-state index < -0.39 is 29.8 Å². The molecule has 0 heterocycles. The molecule has 0 aliphatic rings. The third-order valence-electron chi connectivity index (χ3n) is 5.32. The van der Waals surface area contributed by atoms with E-state index in [9.17, 15) is 31.1 Å². The molecule has 198 valence electrons. The van der Waals surface area contributed by atoms with Crippen LogP contribution in [0.15, 0.2) is 66.7 Å². The largest absolute Gasteiger partial charge is 0.573 e. The van der Waals surface area contributed by atoms with Gasteiger partial charge in [-0.05, 0) is 60.9 Å². The summed E-state index contributed by atoms with van der Waals surface area (Å²) in [6.45, 7) is 2.40. The Hall–Kier alpha value is -3.40. The molecule has 1 amide bonds. The number of amides is 1. The highest BCUT2D eigenvalue weighted by Crippen LogP contribution is 2.30. The van der Waals surface area contributed by atoms with E-state index in [0.29, 0.717) is 28.4 Å². The lowest BCUT2D eigenvalue weighted by Gasteiger charge is -2.25. The van der Waals surface area contributed by atoms with Gasteiger partial charge in [-0.25, -0.2) is 0 Å². The Balaban J connectivity index is 1.88. The van der Waals surface area contributed by atoms with Gasteiger partial charge in [0.05, 0.1) is 11.1 Å². The number of anilines is 1. The number of carbonyl (C=O) groups excluding carboxylic acids is 1. The topological polar surface area (TPSA) is 41.6 Å². The third kappa shape index (κ3) is 8.31. The number of rotatable bonds is 9. The Morgan fingerprint density at radius 1 is 0.946 bits per heavy atom. The van der Waals surface area contributed by atoms with Gasteiger partial charge in [-0.15, -0.1) is 13.2 Å². The van der Waals surface area contributed by atoms with Crippen LogP contribution in [0.4, 0.5) is 32.0 Å². The maximum atomic E-state index is 13.6. The number of nitrogens with one attached hydrogen (secondary N) is 1. The molecule has 0 spiro atoms. The van der Waals surface area contributed by atoms with Crippen molar-refractivity contribution in [3.63, 3.8) is 0 Å². The molecule has 0 unspecified atom stereocenters. The van der Waals surface area contributed by atoms with Gasteiger partial charge in [0.15, 0.2) is 0 Å². The van der Waals surface area contributed by atoms with Crippen molar-refractivity contribution in [2.24, 2.45) is 0 Å². The minimum atomic E-state index is -4.84. The predicted molar refractivity (Wildman–Crippen MR) is 129 cm³/mol. The van der Waals surface area contributed by atoms with E-state index in [0.717, 1.165) is 24.3 Å². The van der Waals surface area contributed by atoms with E-state index in [1.165, 1.54) is 35.2 Å². The Bertz CT molecular complexity index is 1210. The summed E-state index contributed by atoms with van der Waals surface area (Å²) in [5.74, 6) is -0.858. The second kappa shape index (κ2) is 11.8. The van der Waals surface area contributed by atoms with Crippen LogP contribution in [-0.4, -0.2) is 30.3 Å². The molecule has 3 aromatic rings. The Morgan fingerprint density at radius 3 is 2.27 bits per heavy atom. The minimum absolute atomic E-state index is 0.0117. The van der Waals surface area contributed by atoms with Gasteiger partial charge in [-0.1, -0.05) is 41.9 Å². The van der Waals surface area contributed by atoms with Crippen LogP contribution < -0.4 is 10.1 Å². The molecule has 0 bridgehead atoms. The minimum Gasteiger partial charge on any atom is -0.406 e. The van der Waals surface area contributed by atoms with Gasteiger partial charge in [-0.2, -0.15) is 13.2 Å². The van der Waals surface area contributed by atoms with E-state index in [1.54, 1.807) is 12.1 Å². The number of ether oxygens (including phenoxy) is 1. The maximum absolute atomic E-state index is 13.6. The first-order valence-corrected chi connectivity index (χ1v) is 11.6.